The van der Waals surface area contributed by atoms with Crippen LogP contribution in [0, 0.1) is 6.92 Å². The maximum Gasteiger partial charge on any atom is 0.0372 e. The Hall–Kier alpha value is -1.67. The average Bonchev–Trinajstić information content (AvgIpc) is 2.39. The molecule has 0 saturated carbocycles. The van der Waals surface area contributed by atoms with Crippen molar-refractivity contribution in [2.24, 2.45) is 5.73 Å². The van der Waals surface area contributed by atoms with Crippen LogP contribution in [0.4, 0.5) is 0 Å². The number of pyridine rings is 1. The van der Waals surface area contributed by atoms with Crippen LogP contribution in [-0.4, -0.2) is 11.5 Å². The van der Waals surface area contributed by atoms with E-state index in [1.165, 1.54) is 11.1 Å². The Morgan fingerprint density at radius 1 is 1.12 bits per heavy atom. The molecule has 0 aliphatic carbocycles. The molecular formula is C15H18N2. The number of nitrogens with two attached hydrogens (primary N) is 1. The largest absolute Gasteiger partial charge is 0.330 e. The zero-order valence-electron chi connectivity index (χ0n) is 10.1. The minimum absolute atomic E-state index is 0.376. The highest BCUT2D eigenvalue weighted by atomic mass is 14.7. The molecule has 1 aromatic heterocycles. The summed E-state index contributed by atoms with van der Waals surface area (Å²) in [6.07, 6.45) is 2.90. The molecule has 1 atom stereocenters. The molecule has 0 fully saturated rings. The molecule has 2 nitrogen and oxygen atoms in total. The van der Waals surface area contributed by atoms with Crippen LogP contribution in [0.2, 0.25) is 0 Å². The SMILES string of the molecule is Cc1ccc(CC(CN)c2ccccc2)cn1. The van der Waals surface area contributed by atoms with E-state index >= 15 is 0 Å². The van der Waals surface area contributed by atoms with Gasteiger partial charge in [-0.05, 0) is 37.1 Å². The van der Waals surface area contributed by atoms with Gasteiger partial charge in [0.25, 0.3) is 0 Å². The van der Waals surface area contributed by atoms with Crippen LogP contribution < -0.4 is 5.73 Å². The first kappa shape index (κ1) is 11.8. The molecule has 0 bridgehead atoms. The van der Waals surface area contributed by atoms with Crippen molar-refractivity contribution >= 4 is 0 Å². The molecule has 1 unspecified atom stereocenters. The molecule has 88 valence electrons. The van der Waals surface area contributed by atoms with Crippen molar-refractivity contribution in [3.8, 4) is 0 Å². The van der Waals surface area contributed by atoms with Crippen molar-refractivity contribution in [2.45, 2.75) is 19.3 Å². The van der Waals surface area contributed by atoms with Crippen molar-refractivity contribution < 1.29 is 0 Å². The summed E-state index contributed by atoms with van der Waals surface area (Å²) in [6, 6.07) is 14.6. The van der Waals surface area contributed by atoms with E-state index in [1.54, 1.807) is 0 Å². The Morgan fingerprint density at radius 3 is 2.47 bits per heavy atom. The van der Waals surface area contributed by atoms with Crippen LogP contribution in [0.25, 0.3) is 0 Å². The van der Waals surface area contributed by atoms with Crippen LogP contribution in [-0.2, 0) is 6.42 Å². The van der Waals surface area contributed by atoms with Gasteiger partial charge in [0.1, 0.15) is 0 Å². The standard InChI is InChI=1S/C15H18N2/c1-12-7-8-13(11-17-12)9-15(10-16)14-5-3-2-4-6-14/h2-8,11,15H,9-10,16H2,1H3. The summed E-state index contributed by atoms with van der Waals surface area (Å²) >= 11 is 0. The zero-order valence-corrected chi connectivity index (χ0v) is 10.1. The van der Waals surface area contributed by atoms with Crippen molar-refractivity contribution in [2.75, 3.05) is 6.54 Å². The third-order valence-corrected chi connectivity index (χ3v) is 3.01. The third kappa shape index (κ3) is 3.14. The van der Waals surface area contributed by atoms with Crippen LogP contribution in [0.3, 0.4) is 0 Å². The lowest BCUT2D eigenvalue weighted by Gasteiger charge is -2.15. The lowest BCUT2D eigenvalue weighted by molar-refractivity contribution is 0.692. The lowest BCUT2D eigenvalue weighted by Crippen LogP contribution is -2.15. The minimum Gasteiger partial charge on any atom is -0.330 e. The van der Waals surface area contributed by atoms with E-state index < -0.39 is 0 Å². The highest BCUT2D eigenvalue weighted by molar-refractivity contribution is 5.23. The lowest BCUT2D eigenvalue weighted by atomic mass is 9.93. The Balaban J connectivity index is 2.13. The second-order valence-electron chi connectivity index (χ2n) is 4.36. The van der Waals surface area contributed by atoms with Crippen molar-refractivity contribution in [3.63, 3.8) is 0 Å². The Morgan fingerprint density at radius 2 is 1.88 bits per heavy atom. The van der Waals surface area contributed by atoms with Crippen LogP contribution in [0.5, 0.6) is 0 Å². The van der Waals surface area contributed by atoms with Crippen molar-refractivity contribution in [3.05, 3.63) is 65.5 Å². The fourth-order valence-corrected chi connectivity index (χ4v) is 1.97. The molecule has 2 N–H and O–H groups in total. The van der Waals surface area contributed by atoms with Crippen molar-refractivity contribution in [1.29, 1.82) is 0 Å². The molecule has 2 aromatic rings. The average molecular weight is 226 g/mol. The molecule has 1 heterocycles. The Kier molecular flexibility index (Phi) is 3.89. The Bertz CT molecular complexity index is 448. The smallest absolute Gasteiger partial charge is 0.0372 e. The summed E-state index contributed by atoms with van der Waals surface area (Å²) in [5.41, 5.74) is 9.46. The molecule has 2 rings (SSSR count). The number of nitrogens with zero attached hydrogens (tertiary/aromatic N) is 1. The molecule has 0 radical (unpaired) electrons. The third-order valence-electron chi connectivity index (χ3n) is 3.01. The summed E-state index contributed by atoms with van der Waals surface area (Å²) < 4.78 is 0. The number of rotatable bonds is 4. The number of hydrogen-bond donors (Lipinski definition) is 1. The summed E-state index contributed by atoms with van der Waals surface area (Å²) in [4.78, 5) is 4.32. The second kappa shape index (κ2) is 5.60. The molecule has 0 aliphatic rings. The molecule has 0 spiro atoms. The van der Waals surface area contributed by atoms with Gasteiger partial charge in [-0.2, -0.15) is 0 Å². The molecule has 17 heavy (non-hydrogen) atoms. The van der Waals surface area contributed by atoms with E-state index in [0.29, 0.717) is 12.5 Å². The van der Waals surface area contributed by atoms with Gasteiger partial charge in [-0.15, -0.1) is 0 Å². The highest BCUT2D eigenvalue weighted by Crippen LogP contribution is 2.19. The number of benzene rings is 1. The molecule has 0 aliphatic heterocycles. The summed E-state index contributed by atoms with van der Waals surface area (Å²) in [7, 11) is 0. The molecule has 1 aromatic carbocycles. The van der Waals surface area contributed by atoms with Crippen LogP contribution in [0.1, 0.15) is 22.7 Å². The fourth-order valence-electron chi connectivity index (χ4n) is 1.97. The van der Waals surface area contributed by atoms with Gasteiger partial charge in [-0.25, -0.2) is 0 Å². The van der Waals surface area contributed by atoms with E-state index in [1.807, 2.05) is 25.3 Å². The summed E-state index contributed by atoms with van der Waals surface area (Å²) in [5.74, 6) is 0.376. The summed E-state index contributed by atoms with van der Waals surface area (Å²) in [5, 5.41) is 0. The first-order valence-corrected chi connectivity index (χ1v) is 5.96. The van der Waals surface area contributed by atoms with Gasteiger partial charge in [0, 0.05) is 17.8 Å². The van der Waals surface area contributed by atoms with Gasteiger partial charge in [-0.1, -0.05) is 36.4 Å². The van der Waals surface area contributed by atoms with Crippen LogP contribution in [0.15, 0.2) is 48.7 Å². The van der Waals surface area contributed by atoms with Gasteiger partial charge in [0.15, 0.2) is 0 Å². The first-order valence-electron chi connectivity index (χ1n) is 5.96. The van der Waals surface area contributed by atoms with E-state index in [2.05, 4.69) is 35.3 Å². The van der Waals surface area contributed by atoms with Crippen LogP contribution >= 0.6 is 0 Å². The number of aromatic nitrogens is 1. The maximum absolute atomic E-state index is 5.86. The van der Waals surface area contributed by atoms with E-state index in [9.17, 15) is 0 Å². The molecule has 0 amide bonds. The normalized spacial score (nSPS) is 12.4. The molecular weight excluding hydrogens is 208 g/mol. The van der Waals surface area contributed by atoms with Gasteiger partial charge >= 0.3 is 0 Å². The van der Waals surface area contributed by atoms with E-state index in [4.69, 9.17) is 5.73 Å². The molecule has 0 saturated heterocycles. The summed E-state index contributed by atoms with van der Waals surface area (Å²) in [6.45, 7) is 2.67. The van der Waals surface area contributed by atoms with E-state index in [0.717, 1.165) is 12.1 Å². The van der Waals surface area contributed by atoms with Gasteiger partial charge < -0.3 is 5.73 Å². The topological polar surface area (TPSA) is 38.9 Å². The van der Waals surface area contributed by atoms with Crippen molar-refractivity contribution in [1.82, 2.24) is 4.98 Å². The fraction of sp³-hybridized carbons (Fsp3) is 0.267. The van der Waals surface area contributed by atoms with Gasteiger partial charge in [0.05, 0.1) is 0 Å². The predicted molar refractivity (Wildman–Crippen MR) is 70.9 cm³/mol. The quantitative estimate of drug-likeness (QED) is 0.870. The predicted octanol–water partition coefficient (Wildman–Crippen LogP) is 2.68. The molecule has 2 heteroatoms. The highest BCUT2D eigenvalue weighted by Gasteiger charge is 2.10. The number of hydrogen-bond acceptors (Lipinski definition) is 2. The van der Waals surface area contributed by atoms with Gasteiger partial charge in [-0.3, -0.25) is 4.98 Å². The monoisotopic (exact) mass is 226 g/mol. The first-order chi connectivity index (χ1) is 8.29. The number of aryl methyl sites for hydroxylation is 1. The second-order valence-corrected chi connectivity index (χ2v) is 4.36. The van der Waals surface area contributed by atoms with E-state index in [-0.39, 0.29) is 0 Å². The maximum atomic E-state index is 5.86. The van der Waals surface area contributed by atoms with Gasteiger partial charge in [0.2, 0.25) is 0 Å². The zero-order chi connectivity index (χ0) is 12.1. The minimum atomic E-state index is 0.376. The Labute approximate surface area is 103 Å².